The summed E-state index contributed by atoms with van der Waals surface area (Å²) in [6.07, 6.45) is 2.08. The predicted molar refractivity (Wildman–Crippen MR) is 92.4 cm³/mol. The van der Waals surface area contributed by atoms with Crippen LogP contribution < -0.4 is 5.32 Å². The minimum absolute atomic E-state index is 0.0100. The van der Waals surface area contributed by atoms with E-state index in [9.17, 15) is 9.59 Å². The molecule has 24 heavy (non-hydrogen) atoms. The maximum atomic E-state index is 12.4. The molecular weight excluding hydrogens is 310 g/mol. The Morgan fingerprint density at radius 1 is 1.33 bits per heavy atom. The van der Waals surface area contributed by atoms with Crippen molar-refractivity contribution in [1.29, 1.82) is 0 Å². The number of carbonyl (C=O) groups is 2. The number of rotatable bonds is 6. The van der Waals surface area contributed by atoms with Crippen LogP contribution in [-0.2, 0) is 14.4 Å². The van der Waals surface area contributed by atoms with Crippen molar-refractivity contribution in [2.45, 2.75) is 58.6 Å². The highest BCUT2D eigenvalue weighted by Gasteiger charge is 2.37. The summed E-state index contributed by atoms with van der Waals surface area (Å²) < 4.78 is 5.45. The van der Waals surface area contributed by atoms with E-state index in [-0.39, 0.29) is 24.0 Å². The third-order valence-corrected chi connectivity index (χ3v) is 4.21. The monoisotopic (exact) mass is 343 g/mol. The average molecular weight is 343 g/mol. The first kappa shape index (κ1) is 20.7. The molecule has 1 saturated heterocycles. The molecule has 1 rings (SSSR count). The Balaban J connectivity index is 2.50. The number of hydrogen-bond acceptors (Lipinski definition) is 5. The molecule has 2 amide bonds. The summed E-state index contributed by atoms with van der Waals surface area (Å²) in [5.74, 6) is -0.178. The minimum Gasteiger partial charge on any atom is -0.444 e. The summed E-state index contributed by atoms with van der Waals surface area (Å²) in [4.78, 5) is 31.5. The largest absolute Gasteiger partial charge is 0.444 e. The highest BCUT2D eigenvalue weighted by molar-refractivity contribution is 5.80. The Morgan fingerprint density at radius 3 is 2.58 bits per heavy atom. The van der Waals surface area contributed by atoms with Crippen molar-refractivity contribution in [3.63, 3.8) is 0 Å². The van der Waals surface area contributed by atoms with Gasteiger partial charge in [-0.25, -0.2) is 4.79 Å². The lowest BCUT2D eigenvalue weighted by molar-refractivity contribution is -0.128. The topological polar surface area (TPSA) is 71.1 Å². The van der Waals surface area contributed by atoms with Crippen LogP contribution in [0.15, 0.2) is 0 Å². The van der Waals surface area contributed by atoms with Crippen molar-refractivity contribution in [3.05, 3.63) is 0 Å². The SMILES string of the molecule is CON(C)CCCNC(=O)[C@@H]1CCCN(C(=O)OC(C)(C)C)[C@@H]1C. The van der Waals surface area contributed by atoms with Crippen LogP contribution in [0.5, 0.6) is 0 Å². The summed E-state index contributed by atoms with van der Waals surface area (Å²) in [5.41, 5.74) is -0.528. The third-order valence-electron chi connectivity index (χ3n) is 4.21. The van der Waals surface area contributed by atoms with E-state index >= 15 is 0 Å². The smallest absolute Gasteiger partial charge is 0.410 e. The maximum Gasteiger partial charge on any atom is 0.410 e. The fraction of sp³-hybridized carbons (Fsp3) is 0.882. The van der Waals surface area contributed by atoms with Gasteiger partial charge in [0.25, 0.3) is 0 Å². The lowest BCUT2D eigenvalue weighted by Crippen LogP contribution is -2.52. The van der Waals surface area contributed by atoms with Crippen molar-refractivity contribution in [2.75, 3.05) is 33.8 Å². The van der Waals surface area contributed by atoms with E-state index in [1.807, 2.05) is 34.7 Å². The van der Waals surface area contributed by atoms with Crippen LogP contribution in [0.3, 0.4) is 0 Å². The van der Waals surface area contributed by atoms with Crippen molar-refractivity contribution in [2.24, 2.45) is 5.92 Å². The molecule has 1 fully saturated rings. The lowest BCUT2D eigenvalue weighted by atomic mass is 9.89. The number of piperidine rings is 1. The first-order valence-corrected chi connectivity index (χ1v) is 8.68. The number of nitrogens with zero attached hydrogens (tertiary/aromatic N) is 2. The second kappa shape index (κ2) is 9.22. The molecule has 0 spiro atoms. The molecule has 0 aromatic carbocycles. The van der Waals surface area contributed by atoms with Crippen molar-refractivity contribution < 1.29 is 19.2 Å². The summed E-state index contributed by atoms with van der Waals surface area (Å²) in [6.45, 7) is 9.45. The van der Waals surface area contributed by atoms with Gasteiger partial charge in [-0.15, -0.1) is 0 Å². The fourth-order valence-electron chi connectivity index (χ4n) is 2.81. The number of hydroxylamine groups is 2. The number of carbonyl (C=O) groups excluding carboxylic acids is 2. The predicted octanol–water partition coefficient (Wildman–Crippen LogP) is 2.02. The summed E-state index contributed by atoms with van der Waals surface area (Å²) >= 11 is 0. The van der Waals surface area contributed by atoms with Crippen LogP contribution in [0.1, 0.15) is 47.0 Å². The molecule has 0 radical (unpaired) electrons. The quantitative estimate of drug-likeness (QED) is 0.590. The Bertz CT molecular complexity index is 423. The van der Waals surface area contributed by atoms with Gasteiger partial charge >= 0.3 is 6.09 Å². The van der Waals surface area contributed by atoms with Gasteiger partial charge in [-0.3, -0.25) is 4.79 Å². The molecule has 0 unspecified atom stereocenters. The number of likely N-dealkylation sites (tertiary alicyclic amines) is 1. The zero-order valence-electron chi connectivity index (χ0n) is 15.9. The Hall–Kier alpha value is -1.34. The second-order valence-corrected chi connectivity index (χ2v) is 7.34. The molecule has 1 N–H and O–H groups in total. The molecule has 7 nitrogen and oxygen atoms in total. The fourth-order valence-corrected chi connectivity index (χ4v) is 2.81. The standard InChI is InChI=1S/C17H33N3O4/c1-13-14(15(21)18-10-8-11-19(5)23-6)9-7-12-20(13)16(22)24-17(2,3)4/h13-14H,7-12H2,1-6H3,(H,18,21)/t13-,14-/m1/s1. The average Bonchev–Trinajstić information content (AvgIpc) is 2.49. The van der Waals surface area contributed by atoms with Crippen LogP contribution in [0.25, 0.3) is 0 Å². The molecule has 1 heterocycles. The molecule has 0 aliphatic carbocycles. The molecule has 0 aromatic rings. The first-order valence-electron chi connectivity index (χ1n) is 8.68. The van der Waals surface area contributed by atoms with E-state index in [1.54, 1.807) is 17.1 Å². The molecular formula is C17H33N3O4. The highest BCUT2D eigenvalue weighted by Crippen LogP contribution is 2.25. The van der Waals surface area contributed by atoms with Gasteiger partial charge in [0.1, 0.15) is 5.60 Å². The normalized spacial score (nSPS) is 21.7. The Kier molecular flexibility index (Phi) is 7.96. The molecule has 7 heteroatoms. The first-order chi connectivity index (χ1) is 11.2. The highest BCUT2D eigenvalue weighted by atomic mass is 16.7. The molecule has 2 atom stereocenters. The Labute approximate surface area is 145 Å². The minimum atomic E-state index is -0.528. The van der Waals surface area contributed by atoms with Crippen LogP contribution in [0, 0.1) is 5.92 Å². The van der Waals surface area contributed by atoms with E-state index < -0.39 is 5.60 Å². The van der Waals surface area contributed by atoms with E-state index in [1.165, 1.54) is 0 Å². The Morgan fingerprint density at radius 2 is 2.00 bits per heavy atom. The van der Waals surface area contributed by atoms with Gasteiger partial charge in [0, 0.05) is 32.7 Å². The number of nitrogens with one attached hydrogen (secondary N) is 1. The molecule has 140 valence electrons. The van der Waals surface area contributed by atoms with Gasteiger partial charge < -0.3 is 19.8 Å². The molecule has 1 aliphatic heterocycles. The zero-order valence-corrected chi connectivity index (χ0v) is 15.9. The molecule has 0 saturated carbocycles. The van der Waals surface area contributed by atoms with Gasteiger partial charge in [-0.05, 0) is 47.0 Å². The van der Waals surface area contributed by atoms with Gasteiger partial charge in [-0.1, -0.05) is 0 Å². The maximum absolute atomic E-state index is 12.4. The van der Waals surface area contributed by atoms with Gasteiger partial charge in [0.2, 0.25) is 5.91 Å². The lowest BCUT2D eigenvalue weighted by Gasteiger charge is -2.39. The van der Waals surface area contributed by atoms with E-state index in [4.69, 9.17) is 9.57 Å². The number of hydrogen-bond donors (Lipinski definition) is 1. The van der Waals surface area contributed by atoms with Gasteiger partial charge in [0.15, 0.2) is 0 Å². The van der Waals surface area contributed by atoms with E-state index in [0.29, 0.717) is 13.1 Å². The van der Waals surface area contributed by atoms with Crippen LogP contribution in [0.2, 0.25) is 0 Å². The van der Waals surface area contributed by atoms with E-state index in [0.717, 1.165) is 25.8 Å². The van der Waals surface area contributed by atoms with Crippen LogP contribution >= 0.6 is 0 Å². The van der Waals surface area contributed by atoms with Gasteiger partial charge in [0.05, 0.1) is 13.0 Å². The summed E-state index contributed by atoms with van der Waals surface area (Å²) in [7, 11) is 3.47. The van der Waals surface area contributed by atoms with Gasteiger partial charge in [-0.2, -0.15) is 5.06 Å². The zero-order chi connectivity index (χ0) is 18.3. The molecule has 1 aliphatic rings. The second-order valence-electron chi connectivity index (χ2n) is 7.34. The van der Waals surface area contributed by atoms with Crippen LogP contribution in [0.4, 0.5) is 4.79 Å². The summed E-state index contributed by atoms with van der Waals surface area (Å²) in [6, 6.07) is -0.157. The van der Waals surface area contributed by atoms with E-state index in [2.05, 4.69) is 5.32 Å². The summed E-state index contributed by atoms with van der Waals surface area (Å²) in [5, 5.41) is 4.69. The van der Waals surface area contributed by atoms with Crippen molar-refractivity contribution >= 4 is 12.0 Å². The van der Waals surface area contributed by atoms with Crippen LogP contribution in [-0.4, -0.2) is 67.4 Å². The number of amides is 2. The third kappa shape index (κ3) is 6.65. The number of ether oxygens (including phenoxy) is 1. The van der Waals surface area contributed by atoms with Crippen molar-refractivity contribution in [3.8, 4) is 0 Å². The van der Waals surface area contributed by atoms with Crippen molar-refractivity contribution in [1.82, 2.24) is 15.3 Å². The molecule has 0 bridgehead atoms. The molecule has 0 aromatic heterocycles.